The third-order valence-electron chi connectivity index (χ3n) is 4.83. The molecule has 0 aromatic heterocycles. The van der Waals surface area contributed by atoms with E-state index in [1.165, 1.54) is 0 Å². The van der Waals surface area contributed by atoms with Gasteiger partial charge in [-0.1, -0.05) is 25.1 Å². The highest BCUT2D eigenvalue weighted by Gasteiger charge is 2.35. The van der Waals surface area contributed by atoms with Crippen molar-refractivity contribution in [3.63, 3.8) is 0 Å². The van der Waals surface area contributed by atoms with Gasteiger partial charge < -0.3 is 15.5 Å². The van der Waals surface area contributed by atoms with E-state index in [9.17, 15) is 14.4 Å². The SMILES string of the molecule is CCc1ccccc1N1C[C@@H](C(=O)NCCNC(=O)C2CC2)CC1=O. The highest BCUT2D eigenvalue weighted by molar-refractivity contribution is 6.00. The zero-order valence-corrected chi connectivity index (χ0v) is 14.6. The fourth-order valence-corrected chi connectivity index (χ4v) is 3.19. The number of anilines is 1. The fraction of sp³-hybridized carbons (Fsp3) is 0.526. The largest absolute Gasteiger partial charge is 0.354 e. The summed E-state index contributed by atoms with van der Waals surface area (Å²) in [6.07, 6.45) is 3.02. The van der Waals surface area contributed by atoms with Gasteiger partial charge >= 0.3 is 0 Å². The molecule has 1 saturated carbocycles. The maximum Gasteiger partial charge on any atom is 0.227 e. The second-order valence-electron chi connectivity index (χ2n) is 6.74. The van der Waals surface area contributed by atoms with Crippen LogP contribution in [0.25, 0.3) is 0 Å². The highest BCUT2D eigenvalue weighted by atomic mass is 16.2. The Morgan fingerprint density at radius 2 is 1.72 bits per heavy atom. The second kappa shape index (κ2) is 7.68. The van der Waals surface area contributed by atoms with Gasteiger partial charge in [-0.3, -0.25) is 14.4 Å². The Bertz CT molecular complexity index is 670. The summed E-state index contributed by atoms with van der Waals surface area (Å²) in [6, 6.07) is 7.82. The number of carbonyl (C=O) groups excluding carboxylic acids is 3. The molecule has 1 atom stereocenters. The number of nitrogens with zero attached hydrogens (tertiary/aromatic N) is 1. The Morgan fingerprint density at radius 1 is 1.08 bits per heavy atom. The average Bonchev–Trinajstić information content (AvgIpc) is 3.40. The van der Waals surface area contributed by atoms with Crippen molar-refractivity contribution in [2.75, 3.05) is 24.5 Å². The number of hydrogen-bond donors (Lipinski definition) is 2. The summed E-state index contributed by atoms with van der Waals surface area (Å²) in [5.74, 6) is -0.215. The van der Waals surface area contributed by atoms with Gasteiger partial charge in [0.1, 0.15) is 0 Å². The lowest BCUT2D eigenvalue weighted by Crippen LogP contribution is -2.38. The third kappa shape index (κ3) is 4.18. The molecular weight excluding hydrogens is 318 g/mol. The molecule has 134 valence electrons. The Kier molecular flexibility index (Phi) is 5.36. The molecule has 1 aromatic rings. The van der Waals surface area contributed by atoms with Crippen molar-refractivity contribution < 1.29 is 14.4 Å². The van der Waals surface area contributed by atoms with Gasteiger partial charge in [0.2, 0.25) is 17.7 Å². The minimum absolute atomic E-state index is 0.0110. The molecule has 2 N–H and O–H groups in total. The molecule has 6 nitrogen and oxygen atoms in total. The third-order valence-corrected chi connectivity index (χ3v) is 4.83. The molecule has 1 aromatic carbocycles. The number of carbonyl (C=O) groups is 3. The lowest BCUT2D eigenvalue weighted by Gasteiger charge is -2.20. The van der Waals surface area contributed by atoms with Crippen molar-refractivity contribution >= 4 is 23.4 Å². The van der Waals surface area contributed by atoms with Gasteiger partial charge in [-0.05, 0) is 30.9 Å². The summed E-state index contributed by atoms with van der Waals surface area (Å²) >= 11 is 0. The summed E-state index contributed by atoms with van der Waals surface area (Å²) in [5.41, 5.74) is 2.02. The van der Waals surface area contributed by atoms with Gasteiger partial charge in [-0.15, -0.1) is 0 Å². The van der Waals surface area contributed by atoms with E-state index in [4.69, 9.17) is 0 Å². The van der Waals surface area contributed by atoms with Gasteiger partial charge in [-0.2, -0.15) is 0 Å². The first kappa shape index (κ1) is 17.5. The Labute approximate surface area is 148 Å². The molecule has 1 aliphatic carbocycles. The van der Waals surface area contributed by atoms with E-state index in [1.54, 1.807) is 4.90 Å². The molecule has 0 bridgehead atoms. The van der Waals surface area contributed by atoms with Gasteiger partial charge in [0.25, 0.3) is 0 Å². The fourth-order valence-electron chi connectivity index (χ4n) is 3.19. The van der Waals surface area contributed by atoms with Crippen LogP contribution in [0.5, 0.6) is 0 Å². The Balaban J connectivity index is 1.49. The van der Waals surface area contributed by atoms with E-state index in [0.717, 1.165) is 30.5 Å². The number of rotatable bonds is 7. The standard InChI is InChI=1S/C19H25N3O3/c1-2-13-5-3-4-6-16(13)22-12-15(11-17(22)23)19(25)21-10-9-20-18(24)14-7-8-14/h3-6,14-15H,2,7-12H2,1H3,(H,20,24)(H,21,25)/t15-/m0/s1. The van der Waals surface area contributed by atoms with Crippen molar-refractivity contribution in [3.8, 4) is 0 Å². The molecule has 0 radical (unpaired) electrons. The first-order valence-corrected chi connectivity index (χ1v) is 9.03. The van der Waals surface area contributed by atoms with Gasteiger partial charge in [0, 0.05) is 37.7 Å². The second-order valence-corrected chi connectivity index (χ2v) is 6.74. The van der Waals surface area contributed by atoms with Crippen molar-refractivity contribution in [3.05, 3.63) is 29.8 Å². The van der Waals surface area contributed by atoms with Gasteiger partial charge in [0.05, 0.1) is 5.92 Å². The van der Waals surface area contributed by atoms with E-state index in [2.05, 4.69) is 17.6 Å². The normalized spacial score (nSPS) is 19.8. The van der Waals surface area contributed by atoms with Crippen molar-refractivity contribution in [2.24, 2.45) is 11.8 Å². The summed E-state index contributed by atoms with van der Waals surface area (Å²) in [7, 11) is 0. The van der Waals surface area contributed by atoms with Crippen LogP contribution in [0.1, 0.15) is 31.7 Å². The van der Waals surface area contributed by atoms with E-state index in [-0.39, 0.29) is 36.0 Å². The van der Waals surface area contributed by atoms with Crippen LogP contribution in [0.2, 0.25) is 0 Å². The van der Waals surface area contributed by atoms with E-state index in [1.807, 2.05) is 24.3 Å². The minimum Gasteiger partial charge on any atom is -0.354 e. The van der Waals surface area contributed by atoms with Crippen LogP contribution >= 0.6 is 0 Å². The molecule has 25 heavy (non-hydrogen) atoms. The molecule has 1 saturated heterocycles. The molecule has 2 fully saturated rings. The molecule has 6 heteroatoms. The van der Waals surface area contributed by atoms with E-state index in [0.29, 0.717) is 19.6 Å². The maximum atomic E-state index is 12.3. The predicted octanol–water partition coefficient (Wildman–Crippen LogP) is 1.24. The van der Waals surface area contributed by atoms with Crippen LogP contribution in [-0.2, 0) is 20.8 Å². The zero-order valence-electron chi connectivity index (χ0n) is 14.6. The molecule has 1 aliphatic heterocycles. The smallest absolute Gasteiger partial charge is 0.227 e. The van der Waals surface area contributed by atoms with Crippen molar-refractivity contribution in [2.45, 2.75) is 32.6 Å². The van der Waals surface area contributed by atoms with E-state index >= 15 is 0 Å². The lowest BCUT2D eigenvalue weighted by atomic mass is 10.1. The lowest BCUT2D eigenvalue weighted by molar-refractivity contribution is -0.126. The van der Waals surface area contributed by atoms with Crippen LogP contribution < -0.4 is 15.5 Å². The molecule has 0 spiro atoms. The molecule has 3 rings (SSSR count). The van der Waals surface area contributed by atoms with E-state index < -0.39 is 0 Å². The quantitative estimate of drug-likeness (QED) is 0.731. The monoisotopic (exact) mass is 343 g/mol. The Hall–Kier alpha value is -2.37. The van der Waals surface area contributed by atoms with Gasteiger partial charge in [-0.25, -0.2) is 0 Å². The number of benzene rings is 1. The molecule has 1 heterocycles. The van der Waals surface area contributed by atoms with Crippen molar-refractivity contribution in [1.82, 2.24) is 10.6 Å². The molecule has 0 unspecified atom stereocenters. The number of aryl methyl sites for hydroxylation is 1. The van der Waals surface area contributed by atoms with Gasteiger partial charge in [0.15, 0.2) is 0 Å². The van der Waals surface area contributed by atoms with Crippen LogP contribution in [0.4, 0.5) is 5.69 Å². The summed E-state index contributed by atoms with van der Waals surface area (Å²) < 4.78 is 0. The van der Waals surface area contributed by atoms with Crippen LogP contribution in [0, 0.1) is 11.8 Å². The molecule has 3 amide bonds. The summed E-state index contributed by atoms with van der Waals surface area (Å²) in [5, 5.41) is 5.65. The highest BCUT2D eigenvalue weighted by Crippen LogP contribution is 2.29. The van der Waals surface area contributed by atoms with Crippen LogP contribution in [0.15, 0.2) is 24.3 Å². The summed E-state index contributed by atoms with van der Waals surface area (Å²) in [6.45, 7) is 3.30. The molecule has 2 aliphatic rings. The maximum absolute atomic E-state index is 12.3. The summed E-state index contributed by atoms with van der Waals surface area (Å²) in [4.78, 5) is 37.9. The van der Waals surface area contributed by atoms with Crippen LogP contribution in [0.3, 0.4) is 0 Å². The minimum atomic E-state index is -0.337. The zero-order chi connectivity index (χ0) is 17.8. The first-order chi connectivity index (χ1) is 12.1. The number of nitrogens with one attached hydrogen (secondary N) is 2. The number of amides is 3. The number of para-hydroxylation sites is 1. The Morgan fingerprint density at radius 3 is 2.36 bits per heavy atom. The first-order valence-electron chi connectivity index (χ1n) is 9.03. The predicted molar refractivity (Wildman–Crippen MR) is 95.0 cm³/mol. The number of hydrogen-bond acceptors (Lipinski definition) is 3. The topological polar surface area (TPSA) is 78.5 Å². The van der Waals surface area contributed by atoms with Crippen LogP contribution in [-0.4, -0.2) is 37.4 Å². The van der Waals surface area contributed by atoms with Crippen molar-refractivity contribution in [1.29, 1.82) is 0 Å². The molecular formula is C19H25N3O3. The average molecular weight is 343 g/mol.